The lowest BCUT2D eigenvalue weighted by molar-refractivity contribution is -0.386. The van der Waals surface area contributed by atoms with Gasteiger partial charge < -0.3 is 9.73 Å². The summed E-state index contributed by atoms with van der Waals surface area (Å²) in [4.78, 5) is 22.7. The Labute approximate surface area is 148 Å². The molecule has 0 saturated carbocycles. The van der Waals surface area contributed by atoms with E-state index in [0.717, 1.165) is 5.56 Å². The molecule has 0 aliphatic heterocycles. The second-order valence-electron chi connectivity index (χ2n) is 5.61. The molecule has 1 aromatic heterocycles. The number of nitrogens with one attached hydrogen (secondary N) is 1. The molecule has 6 nitrogen and oxygen atoms in total. The Morgan fingerprint density at radius 1 is 1.12 bits per heavy atom. The molecule has 0 fully saturated rings. The summed E-state index contributed by atoms with van der Waals surface area (Å²) in [6, 6.07) is 15.7. The number of para-hydroxylation sites is 1. The normalized spacial score (nSPS) is 13.4. The third-order valence-corrected chi connectivity index (χ3v) is 4.53. The predicted molar refractivity (Wildman–Crippen MR) is 97.3 cm³/mol. The number of anilines is 1. The Kier molecular flexibility index (Phi) is 4.72. The first-order valence-corrected chi connectivity index (χ1v) is 8.08. The van der Waals surface area contributed by atoms with E-state index in [-0.39, 0.29) is 17.3 Å². The molecule has 3 aromatic rings. The first-order chi connectivity index (χ1) is 12.0. The zero-order valence-electron chi connectivity index (χ0n) is 13.3. The van der Waals surface area contributed by atoms with Crippen LogP contribution >= 0.6 is 11.6 Å². The van der Waals surface area contributed by atoms with Crippen LogP contribution in [-0.2, 0) is 0 Å². The van der Waals surface area contributed by atoms with Crippen LogP contribution in [0.2, 0.25) is 0 Å². The Morgan fingerprint density at radius 2 is 1.76 bits per heavy atom. The van der Waals surface area contributed by atoms with Gasteiger partial charge in [0.1, 0.15) is 11.3 Å². The number of fused-ring (bicyclic) bond motifs is 1. The van der Waals surface area contributed by atoms with E-state index in [1.165, 1.54) is 0 Å². The minimum Gasteiger partial charge on any atom is -0.418 e. The molecule has 0 bridgehead atoms. The van der Waals surface area contributed by atoms with Crippen molar-refractivity contribution in [3.8, 4) is 0 Å². The fraction of sp³-hybridized carbons (Fsp3) is 0.167. The van der Waals surface area contributed by atoms with Crippen LogP contribution in [0.1, 0.15) is 17.9 Å². The molecule has 3 rings (SSSR count). The molecule has 0 saturated heterocycles. The number of nitro groups is 1. The molecule has 128 valence electrons. The minimum absolute atomic E-state index is 0.117. The third kappa shape index (κ3) is 3.34. The summed E-state index contributed by atoms with van der Waals surface area (Å²) in [6.45, 7) is 1.80. The van der Waals surface area contributed by atoms with Crippen LogP contribution in [0, 0.1) is 10.1 Å². The fourth-order valence-electron chi connectivity index (χ4n) is 2.68. The Balaban J connectivity index is 2.07. The number of alkyl halides is 1. The zero-order valence-corrected chi connectivity index (χ0v) is 14.1. The summed E-state index contributed by atoms with van der Waals surface area (Å²) in [5.41, 5.74) is -0.352. The van der Waals surface area contributed by atoms with E-state index in [1.54, 1.807) is 31.2 Å². The van der Waals surface area contributed by atoms with Crippen molar-refractivity contribution in [2.45, 2.75) is 18.3 Å². The second-order valence-corrected chi connectivity index (χ2v) is 6.08. The van der Waals surface area contributed by atoms with Gasteiger partial charge in [-0.1, -0.05) is 42.5 Å². The molecule has 0 radical (unpaired) electrons. The van der Waals surface area contributed by atoms with Crippen LogP contribution in [0.3, 0.4) is 0 Å². The van der Waals surface area contributed by atoms with Crippen molar-refractivity contribution in [1.82, 2.24) is 0 Å². The Morgan fingerprint density at radius 3 is 2.44 bits per heavy atom. The van der Waals surface area contributed by atoms with Crippen LogP contribution in [0.25, 0.3) is 11.0 Å². The van der Waals surface area contributed by atoms with Crippen molar-refractivity contribution in [3.05, 3.63) is 80.7 Å². The fourth-order valence-corrected chi connectivity index (χ4v) is 2.89. The highest BCUT2D eigenvalue weighted by Crippen LogP contribution is 2.33. The summed E-state index contributed by atoms with van der Waals surface area (Å²) in [5, 5.41) is 14.4. The maximum absolute atomic E-state index is 12.0. The van der Waals surface area contributed by atoms with Crippen molar-refractivity contribution in [2.75, 3.05) is 5.32 Å². The standard InChI is InChI=1S/C18H15ClN2O4/c1-11(15(19)12-7-3-2-4-8-12)20-16-13-9-5-6-10-14(13)25-18(22)17(16)21(23)24/h2-11,15,20H,1H3/t11-,15-/m0/s1. The molecule has 1 heterocycles. The topological polar surface area (TPSA) is 85.4 Å². The SMILES string of the molecule is C[C@H](Nc1c([N+](=O)[O-])c(=O)oc2ccccc12)[C@H](Cl)c1ccccc1. The van der Waals surface area contributed by atoms with Gasteiger partial charge in [-0.25, -0.2) is 4.79 Å². The summed E-state index contributed by atoms with van der Waals surface area (Å²) in [5.74, 6) is 0. The number of nitrogens with zero attached hydrogens (tertiary/aromatic N) is 1. The van der Waals surface area contributed by atoms with Gasteiger partial charge in [-0.2, -0.15) is 0 Å². The maximum atomic E-state index is 12.0. The lowest BCUT2D eigenvalue weighted by Crippen LogP contribution is -2.23. The Hall–Kier alpha value is -2.86. The lowest BCUT2D eigenvalue weighted by Gasteiger charge is -2.21. The number of hydrogen-bond acceptors (Lipinski definition) is 5. The van der Waals surface area contributed by atoms with E-state index < -0.39 is 21.6 Å². The van der Waals surface area contributed by atoms with Crippen molar-refractivity contribution >= 4 is 33.9 Å². The van der Waals surface area contributed by atoms with Crippen molar-refractivity contribution in [2.24, 2.45) is 0 Å². The average molecular weight is 359 g/mol. The van der Waals surface area contributed by atoms with Gasteiger partial charge in [0, 0.05) is 11.4 Å². The van der Waals surface area contributed by atoms with E-state index in [9.17, 15) is 14.9 Å². The molecule has 0 unspecified atom stereocenters. The molecule has 0 spiro atoms. The number of halogens is 1. The molecule has 25 heavy (non-hydrogen) atoms. The van der Waals surface area contributed by atoms with E-state index in [4.69, 9.17) is 16.0 Å². The maximum Gasteiger partial charge on any atom is 0.417 e. The largest absolute Gasteiger partial charge is 0.418 e. The molecular formula is C18H15ClN2O4. The lowest BCUT2D eigenvalue weighted by atomic mass is 10.1. The van der Waals surface area contributed by atoms with Gasteiger partial charge in [0.25, 0.3) is 0 Å². The third-order valence-electron chi connectivity index (χ3n) is 3.90. The molecule has 1 N–H and O–H groups in total. The van der Waals surface area contributed by atoms with Gasteiger partial charge in [-0.05, 0) is 24.6 Å². The van der Waals surface area contributed by atoms with E-state index in [1.807, 2.05) is 30.3 Å². The zero-order chi connectivity index (χ0) is 18.0. The van der Waals surface area contributed by atoms with Gasteiger partial charge >= 0.3 is 11.3 Å². The quantitative estimate of drug-likeness (QED) is 0.314. The summed E-state index contributed by atoms with van der Waals surface area (Å²) >= 11 is 6.50. The summed E-state index contributed by atoms with van der Waals surface area (Å²) < 4.78 is 5.05. The minimum atomic E-state index is -0.996. The predicted octanol–water partition coefficient (Wildman–Crippen LogP) is 4.48. The monoisotopic (exact) mass is 358 g/mol. The van der Waals surface area contributed by atoms with Gasteiger partial charge in [-0.15, -0.1) is 11.6 Å². The van der Waals surface area contributed by atoms with Crippen LogP contribution < -0.4 is 10.9 Å². The molecular weight excluding hydrogens is 344 g/mol. The molecule has 2 aromatic carbocycles. The van der Waals surface area contributed by atoms with Crippen molar-refractivity contribution in [1.29, 1.82) is 0 Å². The number of rotatable bonds is 5. The first-order valence-electron chi connectivity index (χ1n) is 7.65. The van der Waals surface area contributed by atoms with Gasteiger partial charge in [0.15, 0.2) is 0 Å². The van der Waals surface area contributed by atoms with Crippen LogP contribution in [0.5, 0.6) is 0 Å². The van der Waals surface area contributed by atoms with Crippen molar-refractivity contribution < 1.29 is 9.34 Å². The van der Waals surface area contributed by atoms with Gasteiger partial charge in [-0.3, -0.25) is 10.1 Å². The molecule has 0 amide bonds. The smallest absolute Gasteiger partial charge is 0.417 e. The number of hydrogen-bond donors (Lipinski definition) is 1. The molecule has 2 atom stereocenters. The van der Waals surface area contributed by atoms with Crippen LogP contribution in [0.4, 0.5) is 11.4 Å². The molecule has 7 heteroatoms. The highest BCUT2D eigenvalue weighted by atomic mass is 35.5. The van der Waals surface area contributed by atoms with Gasteiger partial charge in [0.2, 0.25) is 0 Å². The van der Waals surface area contributed by atoms with Crippen LogP contribution in [0.15, 0.2) is 63.8 Å². The molecule has 0 aliphatic rings. The number of benzene rings is 2. The second kappa shape index (κ2) is 6.94. The molecule has 0 aliphatic carbocycles. The van der Waals surface area contributed by atoms with E-state index in [2.05, 4.69) is 5.32 Å². The van der Waals surface area contributed by atoms with E-state index >= 15 is 0 Å². The highest BCUT2D eigenvalue weighted by molar-refractivity contribution is 6.21. The van der Waals surface area contributed by atoms with Crippen molar-refractivity contribution in [3.63, 3.8) is 0 Å². The summed E-state index contributed by atoms with van der Waals surface area (Å²) in [7, 11) is 0. The van der Waals surface area contributed by atoms with E-state index in [0.29, 0.717) is 5.39 Å². The summed E-state index contributed by atoms with van der Waals surface area (Å²) in [6.07, 6.45) is 0. The average Bonchev–Trinajstić information content (AvgIpc) is 2.61. The van der Waals surface area contributed by atoms with Gasteiger partial charge in [0.05, 0.1) is 10.3 Å². The van der Waals surface area contributed by atoms with Crippen LogP contribution in [-0.4, -0.2) is 11.0 Å². The Bertz CT molecular complexity index is 972. The highest BCUT2D eigenvalue weighted by Gasteiger charge is 2.27. The first kappa shape index (κ1) is 17.0.